The Kier molecular flexibility index (Phi) is 5.37. The summed E-state index contributed by atoms with van der Waals surface area (Å²) >= 11 is 3.46. The summed E-state index contributed by atoms with van der Waals surface area (Å²) < 4.78 is 12.2. The normalized spacial score (nSPS) is 16.7. The quantitative estimate of drug-likeness (QED) is 0.803. The molecular formula is C18H19BrN2O3. The lowest BCUT2D eigenvalue weighted by Gasteiger charge is -2.16. The van der Waals surface area contributed by atoms with E-state index in [4.69, 9.17) is 9.47 Å². The van der Waals surface area contributed by atoms with Gasteiger partial charge in [-0.3, -0.25) is 0 Å². The molecule has 0 saturated carbocycles. The second-order valence-corrected chi connectivity index (χ2v) is 6.45. The maximum Gasteiger partial charge on any atom is 0.323 e. The fourth-order valence-corrected chi connectivity index (χ4v) is 2.84. The number of ether oxygens (including phenoxy) is 2. The van der Waals surface area contributed by atoms with Crippen molar-refractivity contribution in [1.29, 1.82) is 0 Å². The van der Waals surface area contributed by atoms with Gasteiger partial charge in [0.25, 0.3) is 0 Å². The van der Waals surface area contributed by atoms with Crippen molar-refractivity contribution < 1.29 is 14.3 Å². The number of carbonyl (C=O) groups excluding carboxylic acids is 1. The van der Waals surface area contributed by atoms with E-state index in [9.17, 15) is 4.79 Å². The summed E-state index contributed by atoms with van der Waals surface area (Å²) in [6, 6.07) is 12.8. The summed E-state index contributed by atoms with van der Waals surface area (Å²) in [6.45, 7) is 3.23. The molecule has 126 valence electrons. The van der Waals surface area contributed by atoms with Gasteiger partial charge >= 0.3 is 6.03 Å². The number of nitrogens with one attached hydrogen (secondary N) is 2. The Balaban J connectivity index is 1.69. The fourth-order valence-electron chi connectivity index (χ4n) is 2.48. The lowest BCUT2D eigenvalue weighted by atomic mass is 10.2. The Morgan fingerprint density at radius 2 is 1.92 bits per heavy atom. The number of rotatable bonds is 4. The number of urea groups is 1. The van der Waals surface area contributed by atoms with Gasteiger partial charge < -0.3 is 20.1 Å². The standard InChI is InChI=1S/C18H19BrN2O3/c1-12-14(19)5-4-7-15(12)20-18(22)21-16-6-2-3-8-17(16)24-13-9-10-23-11-13/h2-8,13H,9-11H2,1H3,(H2,20,21,22). The van der Waals surface area contributed by atoms with Crippen LogP contribution in [0.4, 0.5) is 16.2 Å². The molecule has 2 aromatic rings. The molecule has 1 aliphatic heterocycles. The average molecular weight is 391 g/mol. The molecule has 2 N–H and O–H groups in total. The summed E-state index contributed by atoms with van der Waals surface area (Å²) in [4.78, 5) is 12.3. The molecule has 0 spiro atoms. The van der Waals surface area contributed by atoms with E-state index in [1.807, 2.05) is 49.4 Å². The van der Waals surface area contributed by atoms with Gasteiger partial charge in [-0.05, 0) is 36.8 Å². The predicted molar refractivity (Wildman–Crippen MR) is 97.8 cm³/mol. The first kappa shape index (κ1) is 16.8. The molecule has 3 rings (SSSR count). The number of hydrogen-bond donors (Lipinski definition) is 2. The molecule has 1 atom stereocenters. The van der Waals surface area contributed by atoms with Gasteiger partial charge in [0.1, 0.15) is 11.9 Å². The van der Waals surface area contributed by atoms with Crippen molar-refractivity contribution in [3.63, 3.8) is 0 Å². The van der Waals surface area contributed by atoms with Crippen molar-refractivity contribution in [1.82, 2.24) is 0 Å². The van der Waals surface area contributed by atoms with E-state index in [1.165, 1.54) is 0 Å². The van der Waals surface area contributed by atoms with Crippen LogP contribution in [0.2, 0.25) is 0 Å². The van der Waals surface area contributed by atoms with E-state index in [2.05, 4.69) is 26.6 Å². The molecular weight excluding hydrogens is 372 g/mol. The highest BCUT2D eigenvalue weighted by Gasteiger charge is 2.19. The Hall–Kier alpha value is -2.05. The summed E-state index contributed by atoms with van der Waals surface area (Å²) in [7, 11) is 0. The first-order valence-electron chi connectivity index (χ1n) is 7.80. The maximum absolute atomic E-state index is 12.3. The number of benzene rings is 2. The van der Waals surface area contributed by atoms with Gasteiger partial charge in [-0.25, -0.2) is 4.79 Å². The van der Waals surface area contributed by atoms with Crippen LogP contribution in [0.15, 0.2) is 46.9 Å². The van der Waals surface area contributed by atoms with Gasteiger partial charge in [0, 0.05) is 16.6 Å². The van der Waals surface area contributed by atoms with Crippen LogP contribution in [0.1, 0.15) is 12.0 Å². The smallest absolute Gasteiger partial charge is 0.323 e. The Morgan fingerprint density at radius 1 is 1.17 bits per heavy atom. The average Bonchev–Trinajstić information content (AvgIpc) is 3.07. The first-order valence-corrected chi connectivity index (χ1v) is 8.59. The summed E-state index contributed by atoms with van der Waals surface area (Å²) in [5.41, 5.74) is 2.36. The molecule has 2 aromatic carbocycles. The van der Waals surface area contributed by atoms with Crippen LogP contribution in [0.5, 0.6) is 5.75 Å². The largest absolute Gasteiger partial charge is 0.486 e. The lowest BCUT2D eigenvalue weighted by molar-refractivity contribution is 0.142. The number of para-hydroxylation sites is 2. The highest BCUT2D eigenvalue weighted by atomic mass is 79.9. The molecule has 6 heteroatoms. The van der Waals surface area contributed by atoms with Crippen molar-refractivity contribution in [2.45, 2.75) is 19.4 Å². The number of halogens is 1. The minimum atomic E-state index is -0.310. The van der Waals surface area contributed by atoms with Crippen LogP contribution in [0, 0.1) is 6.92 Å². The van der Waals surface area contributed by atoms with E-state index < -0.39 is 0 Å². The Labute approximate surface area is 149 Å². The van der Waals surface area contributed by atoms with E-state index in [0.29, 0.717) is 24.7 Å². The van der Waals surface area contributed by atoms with Crippen LogP contribution in [-0.2, 0) is 4.74 Å². The molecule has 1 aliphatic rings. The summed E-state index contributed by atoms with van der Waals surface area (Å²) in [5.74, 6) is 0.647. The SMILES string of the molecule is Cc1c(Br)cccc1NC(=O)Nc1ccccc1OC1CCOC1. The molecule has 1 heterocycles. The third kappa shape index (κ3) is 4.07. The minimum Gasteiger partial charge on any atom is -0.486 e. The molecule has 0 bridgehead atoms. The zero-order chi connectivity index (χ0) is 16.9. The van der Waals surface area contributed by atoms with E-state index in [1.54, 1.807) is 0 Å². The maximum atomic E-state index is 12.3. The number of hydrogen-bond acceptors (Lipinski definition) is 3. The fraction of sp³-hybridized carbons (Fsp3) is 0.278. The van der Waals surface area contributed by atoms with Gasteiger partial charge in [0.2, 0.25) is 0 Å². The van der Waals surface area contributed by atoms with Gasteiger partial charge in [-0.1, -0.05) is 34.1 Å². The van der Waals surface area contributed by atoms with Crippen LogP contribution in [0.25, 0.3) is 0 Å². The topological polar surface area (TPSA) is 59.6 Å². The second-order valence-electron chi connectivity index (χ2n) is 5.59. The van der Waals surface area contributed by atoms with E-state index >= 15 is 0 Å². The minimum absolute atomic E-state index is 0.0309. The van der Waals surface area contributed by atoms with Crippen molar-refractivity contribution >= 4 is 33.3 Å². The number of carbonyl (C=O) groups is 1. The van der Waals surface area contributed by atoms with Crippen LogP contribution >= 0.6 is 15.9 Å². The molecule has 24 heavy (non-hydrogen) atoms. The van der Waals surface area contributed by atoms with Crippen LogP contribution < -0.4 is 15.4 Å². The Bertz CT molecular complexity index is 730. The third-order valence-corrected chi connectivity index (χ3v) is 4.69. The van der Waals surface area contributed by atoms with Gasteiger partial charge in [-0.2, -0.15) is 0 Å². The van der Waals surface area contributed by atoms with Gasteiger partial charge in [-0.15, -0.1) is 0 Å². The Morgan fingerprint density at radius 3 is 2.71 bits per heavy atom. The van der Waals surface area contributed by atoms with Gasteiger partial charge in [0.15, 0.2) is 0 Å². The van der Waals surface area contributed by atoms with Gasteiger partial charge in [0.05, 0.1) is 18.9 Å². The molecule has 5 nitrogen and oxygen atoms in total. The molecule has 0 aromatic heterocycles. The zero-order valence-electron chi connectivity index (χ0n) is 13.3. The summed E-state index contributed by atoms with van der Waals surface area (Å²) in [6.07, 6.45) is 0.890. The molecule has 0 aliphatic carbocycles. The highest BCUT2D eigenvalue weighted by Crippen LogP contribution is 2.27. The monoisotopic (exact) mass is 390 g/mol. The second kappa shape index (κ2) is 7.68. The number of anilines is 2. The number of amides is 2. The van der Waals surface area contributed by atoms with E-state index in [0.717, 1.165) is 22.1 Å². The zero-order valence-corrected chi connectivity index (χ0v) is 14.9. The van der Waals surface area contributed by atoms with E-state index in [-0.39, 0.29) is 12.1 Å². The van der Waals surface area contributed by atoms with Crippen molar-refractivity contribution in [2.24, 2.45) is 0 Å². The third-order valence-electron chi connectivity index (χ3n) is 3.83. The van der Waals surface area contributed by atoms with Crippen LogP contribution in [0.3, 0.4) is 0 Å². The highest BCUT2D eigenvalue weighted by molar-refractivity contribution is 9.10. The predicted octanol–water partition coefficient (Wildman–Crippen LogP) is 4.57. The summed E-state index contributed by atoms with van der Waals surface area (Å²) in [5, 5.41) is 5.71. The molecule has 1 unspecified atom stereocenters. The van der Waals surface area contributed by atoms with Crippen molar-refractivity contribution in [2.75, 3.05) is 23.8 Å². The molecule has 1 saturated heterocycles. The van der Waals surface area contributed by atoms with Crippen molar-refractivity contribution in [3.05, 3.63) is 52.5 Å². The lowest BCUT2D eigenvalue weighted by Crippen LogP contribution is -2.22. The first-order chi connectivity index (χ1) is 11.6. The molecule has 0 radical (unpaired) electrons. The molecule has 1 fully saturated rings. The van der Waals surface area contributed by atoms with Crippen molar-refractivity contribution in [3.8, 4) is 5.75 Å². The van der Waals surface area contributed by atoms with Crippen LogP contribution in [-0.4, -0.2) is 25.3 Å². The molecule has 2 amide bonds.